The predicted molar refractivity (Wildman–Crippen MR) is 72.2 cm³/mol. The highest BCUT2D eigenvalue weighted by molar-refractivity contribution is 7.12. The smallest absolute Gasteiger partial charge is 0.123 e. The Morgan fingerprint density at radius 3 is 3.11 bits per heavy atom. The summed E-state index contributed by atoms with van der Waals surface area (Å²) in [6.07, 6.45) is 2.81. The van der Waals surface area contributed by atoms with Crippen LogP contribution in [0.4, 0.5) is 4.39 Å². The molecule has 0 spiro atoms. The Bertz CT molecular complexity index is 591. The van der Waals surface area contributed by atoms with E-state index in [2.05, 4.69) is 11.9 Å². The van der Waals surface area contributed by atoms with Gasteiger partial charge in [-0.3, -0.25) is 0 Å². The Morgan fingerprint density at radius 2 is 2.33 bits per heavy atom. The number of halogens is 1. The second kappa shape index (κ2) is 4.44. The number of hydrogen-bond acceptors (Lipinski definition) is 3. The van der Waals surface area contributed by atoms with Gasteiger partial charge in [0.1, 0.15) is 10.8 Å². The maximum Gasteiger partial charge on any atom is 0.123 e. The molecule has 0 saturated carbocycles. The molecule has 1 heterocycles. The lowest BCUT2D eigenvalue weighted by Crippen LogP contribution is -2.09. The maximum atomic E-state index is 13.2. The summed E-state index contributed by atoms with van der Waals surface area (Å²) >= 11 is 1.67. The first-order valence-electron chi connectivity index (χ1n) is 6.23. The number of nitrogens with two attached hydrogens (primary N) is 1. The standard InChI is InChI=1S/C14H15FN2S/c1-2-3-11(16)14-17-13-10-5-4-9(15)6-8(10)7-12(13)18-14/h4-6,11H,2-3,7,16H2,1H3. The van der Waals surface area contributed by atoms with Crippen molar-refractivity contribution in [3.8, 4) is 11.3 Å². The zero-order valence-corrected chi connectivity index (χ0v) is 11.1. The number of thiazole rings is 1. The van der Waals surface area contributed by atoms with E-state index in [0.717, 1.165) is 41.1 Å². The zero-order chi connectivity index (χ0) is 12.7. The van der Waals surface area contributed by atoms with Crippen LogP contribution in [0.15, 0.2) is 18.2 Å². The molecule has 0 radical (unpaired) electrons. The number of rotatable bonds is 3. The predicted octanol–water partition coefficient (Wildman–Crippen LogP) is 3.65. The molecule has 1 aromatic heterocycles. The summed E-state index contributed by atoms with van der Waals surface area (Å²) in [6, 6.07) is 4.97. The van der Waals surface area contributed by atoms with E-state index in [4.69, 9.17) is 5.73 Å². The summed E-state index contributed by atoms with van der Waals surface area (Å²) in [5, 5.41) is 1.01. The average Bonchev–Trinajstić information content (AvgIpc) is 2.85. The molecule has 1 aromatic carbocycles. The molecule has 0 saturated heterocycles. The summed E-state index contributed by atoms with van der Waals surface area (Å²) in [5.41, 5.74) is 9.22. The Kier molecular flexibility index (Phi) is 2.92. The zero-order valence-electron chi connectivity index (χ0n) is 10.2. The van der Waals surface area contributed by atoms with Crippen molar-refractivity contribution >= 4 is 11.3 Å². The Morgan fingerprint density at radius 1 is 1.50 bits per heavy atom. The van der Waals surface area contributed by atoms with Crippen LogP contribution in [0.5, 0.6) is 0 Å². The molecular weight excluding hydrogens is 247 g/mol. The highest BCUT2D eigenvalue weighted by Gasteiger charge is 2.25. The number of hydrogen-bond donors (Lipinski definition) is 1. The molecule has 2 aromatic rings. The number of fused-ring (bicyclic) bond motifs is 3. The van der Waals surface area contributed by atoms with Gasteiger partial charge in [0.25, 0.3) is 0 Å². The topological polar surface area (TPSA) is 38.9 Å². The summed E-state index contributed by atoms with van der Waals surface area (Å²) in [6.45, 7) is 2.12. The highest BCUT2D eigenvalue weighted by Crippen LogP contribution is 2.41. The van der Waals surface area contributed by atoms with E-state index in [9.17, 15) is 4.39 Å². The number of aromatic nitrogens is 1. The van der Waals surface area contributed by atoms with Gasteiger partial charge in [0.15, 0.2) is 0 Å². The van der Waals surface area contributed by atoms with Gasteiger partial charge in [0.2, 0.25) is 0 Å². The van der Waals surface area contributed by atoms with Crippen LogP contribution >= 0.6 is 11.3 Å². The van der Waals surface area contributed by atoms with Crippen LogP contribution in [0.1, 0.15) is 41.3 Å². The molecule has 94 valence electrons. The van der Waals surface area contributed by atoms with Gasteiger partial charge in [-0.15, -0.1) is 11.3 Å². The molecule has 1 aliphatic rings. The number of benzene rings is 1. The van der Waals surface area contributed by atoms with Crippen molar-refractivity contribution in [2.24, 2.45) is 5.73 Å². The fourth-order valence-corrected chi connectivity index (χ4v) is 3.54. The second-order valence-corrected chi connectivity index (χ2v) is 5.81. The van der Waals surface area contributed by atoms with Crippen LogP contribution in [0, 0.1) is 5.82 Å². The van der Waals surface area contributed by atoms with Crippen molar-refractivity contribution in [3.63, 3.8) is 0 Å². The third-order valence-corrected chi connectivity index (χ3v) is 4.49. The Hall–Kier alpha value is -1.26. The second-order valence-electron chi connectivity index (χ2n) is 4.70. The fraction of sp³-hybridized carbons (Fsp3) is 0.357. The molecule has 1 aliphatic carbocycles. The molecule has 0 aliphatic heterocycles. The van der Waals surface area contributed by atoms with Gasteiger partial charge in [-0.05, 0) is 30.2 Å². The third kappa shape index (κ3) is 1.85. The van der Waals surface area contributed by atoms with Crippen LogP contribution in [-0.4, -0.2) is 4.98 Å². The first kappa shape index (κ1) is 11.8. The molecule has 1 unspecified atom stereocenters. The van der Waals surface area contributed by atoms with E-state index < -0.39 is 0 Å². The molecule has 1 atom stereocenters. The normalized spacial score (nSPS) is 14.4. The number of nitrogens with zero attached hydrogens (tertiary/aromatic N) is 1. The fourth-order valence-electron chi connectivity index (χ4n) is 2.41. The monoisotopic (exact) mass is 262 g/mol. The summed E-state index contributed by atoms with van der Waals surface area (Å²) < 4.78 is 13.2. The average molecular weight is 262 g/mol. The SMILES string of the molecule is CCCC(N)c1nc2c(s1)Cc1cc(F)ccc1-2. The van der Waals surface area contributed by atoms with Gasteiger partial charge in [0, 0.05) is 16.9 Å². The third-order valence-electron chi connectivity index (χ3n) is 3.30. The van der Waals surface area contributed by atoms with E-state index in [0.29, 0.717) is 0 Å². The first-order valence-corrected chi connectivity index (χ1v) is 7.04. The molecule has 18 heavy (non-hydrogen) atoms. The van der Waals surface area contributed by atoms with Crippen molar-refractivity contribution in [2.45, 2.75) is 32.2 Å². The molecule has 4 heteroatoms. The highest BCUT2D eigenvalue weighted by atomic mass is 32.1. The van der Waals surface area contributed by atoms with Gasteiger partial charge >= 0.3 is 0 Å². The molecular formula is C14H15FN2S. The molecule has 0 fully saturated rings. The van der Waals surface area contributed by atoms with Gasteiger partial charge in [-0.1, -0.05) is 13.3 Å². The molecule has 2 N–H and O–H groups in total. The lowest BCUT2D eigenvalue weighted by molar-refractivity contribution is 0.626. The van der Waals surface area contributed by atoms with Crippen LogP contribution < -0.4 is 5.73 Å². The first-order chi connectivity index (χ1) is 8.69. The van der Waals surface area contributed by atoms with Gasteiger partial charge in [-0.25, -0.2) is 9.37 Å². The summed E-state index contributed by atoms with van der Waals surface area (Å²) in [7, 11) is 0. The molecule has 0 bridgehead atoms. The molecule has 0 amide bonds. The minimum absolute atomic E-state index is 0.0366. The van der Waals surface area contributed by atoms with Crippen LogP contribution in [0.3, 0.4) is 0 Å². The van der Waals surface area contributed by atoms with Crippen molar-refractivity contribution in [2.75, 3.05) is 0 Å². The minimum Gasteiger partial charge on any atom is -0.322 e. The molecule has 3 rings (SSSR count). The van der Waals surface area contributed by atoms with Crippen molar-refractivity contribution in [1.82, 2.24) is 4.98 Å². The lowest BCUT2D eigenvalue weighted by Gasteiger charge is -2.06. The van der Waals surface area contributed by atoms with Crippen LogP contribution in [0.25, 0.3) is 11.3 Å². The van der Waals surface area contributed by atoms with Gasteiger partial charge in [0.05, 0.1) is 11.7 Å². The van der Waals surface area contributed by atoms with Crippen molar-refractivity contribution in [1.29, 1.82) is 0 Å². The van der Waals surface area contributed by atoms with Crippen molar-refractivity contribution < 1.29 is 4.39 Å². The lowest BCUT2D eigenvalue weighted by atomic mass is 10.1. The van der Waals surface area contributed by atoms with Crippen molar-refractivity contribution in [3.05, 3.63) is 39.5 Å². The van der Waals surface area contributed by atoms with Crippen LogP contribution in [-0.2, 0) is 6.42 Å². The van der Waals surface area contributed by atoms with E-state index in [-0.39, 0.29) is 11.9 Å². The maximum absolute atomic E-state index is 13.2. The summed E-state index contributed by atoms with van der Waals surface area (Å²) in [5.74, 6) is -0.174. The Labute approximate surface area is 110 Å². The Balaban J connectivity index is 1.98. The van der Waals surface area contributed by atoms with Gasteiger partial charge in [-0.2, -0.15) is 0 Å². The van der Waals surface area contributed by atoms with E-state index in [1.54, 1.807) is 17.4 Å². The van der Waals surface area contributed by atoms with E-state index in [1.807, 2.05) is 6.07 Å². The summed E-state index contributed by atoms with van der Waals surface area (Å²) in [4.78, 5) is 5.87. The minimum atomic E-state index is -0.174. The van der Waals surface area contributed by atoms with E-state index in [1.165, 1.54) is 10.9 Å². The van der Waals surface area contributed by atoms with Crippen LogP contribution in [0.2, 0.25) is 0 Å². The van der Waals surface area contributed by atoms with Gasteiger partial charge < -0.3 is 5.73 Å². The largest absolute Gasteiger partial charge is 0.322 e. The molecule has 2 nitrogen and oxygen atoms in total. The van der Waals surface area contributed by atoms with E-state index >= 15 is 0 Å². The quantitative estimate of drug-likeness (QED) is 0.782.